The Labute approximate surface area is 150 Å². The van der Waals surface area contributed by atoms with Crippen molar-refractivity contribution >= 4 is 11.9 Å². The van der Waals surface area contributed by atoms with Crippen molar-refractivity contribution in [3.63, 3.8) is 0 Å². The van der Waals surface area contributed by atoms with Gasteiger partial charge in [-0.3, -0.25) is 19.0 Å². The molecule has 1 unspecified atom stereocenters. The van der Waals surface area contributed by atoms with Gasteiger partial charge >= 0.3 is 5.97 Å². The molecule has 1 saturated heterocycles. The van der Waals surface area contributed by atoms with E-state index in [4.69, 9.17) is 9.15 Å². The van der Waals surface area contributed by atoms with E-state index >= 15 is 0 Å². The number of likely N-dealkylation sites (tertiary alicyclic amines) is 1. The molecule has 3 heterocycles. The summed E-state index contributed by atoms with van der Waals surface area (Å²) in [5.41, 5.74) is 0.0859. The third kappa shape index (κ3) is 4.01. The van der Waals surface area contributed by atoms with Crippen LogP contribution in [0.25, 0.3) is 11.5 Å². The highest BCUT2D eigenvalue weighted by Gasteiger charge is 2.29. The van der Waals surface area contributed by atoms with E-state index in [1.807, 2.05) is 0 Å². The topological polar surface area (TPSA) is 94.6 Å². The van der Waals surface area contributed by atoms with Crippen molar-refractivity contribution in [2.24, 2.45) is 5.92 Å². The summed E-state index contributed by atoms with van der Waals surface area (Å²) in [5, 5.41) is 0. The van der Waals surface area contributed by atoms with Crippen molar-refractivity contribution in [2.45, 2.75) is 26.3 Å². The number of furan rings is 1. The quantitative estimate of drug-likeness (QED) is 0.747. The van der Waals surface area contributed by atoms with Crippen molar-refractivity contribution in [3.8, 4) is 11.5 Å². The molecule has 8 heteroatoms. The van der Waals surface area contributed by atoms with E-state index in [9.17, 15) is 14.4 Å². The van der Waals surface area contributed by atoms with Crippen molar-refractivity contribution in [1.82, 2.24) is 14.5 Å². The van der Waals surface area contributed by atoms with E-state index in [-0.39, 0.29) is 29.9 Å². The number of amides is 1. The number of piperidine rings is 1. The molecule has 8 nitrogen and oxygen atoms in total. The maximum Gasteiger partial charge on any atom is 0.310 e. The average Bonchev–Trinajstić information content (AvgIpc) is 3.18. The molecule has 0 radical (unpaired) electrons. The Kier molecular flexibility index (Phi) is 5.50. The first-order valence-corrected chi connectivity index (χ1v) is 8.63. The molecule has 1 amide bonds. The first-order valence-electron chi connectivity index (χ1n) is 8.63. The molecule has 1 aliphatic rings. The molecule has 138 valence electrons. The van der Waals surface area contributed by atoms with Crippen molar-refractivity contribution in [1.29, 1.82) is 0 Å². The minimum absolute atomic E-state index is 0.111. The SMILES string of the molecule is CCOC(=O)C1CCCN(C(=O)Cn2cnc(-c3ccco3)cc2=O)C1. The number of hydrogen-bond donors (Lipinski definition) is 0. The lowest BCUT2D eigenvalue weighted by molar-refractivity contribution is -0.151. The van der Waals surface area contributed by atoms with Crippen LogP contribution < -0.4 is 5.56 Å². The van der Waals surface area contributed by atoms with Gasteiger partial charge in [-0.1, -0.05) is 0 Å². The van der Waals surface area contributed by atoms with Crippen LogP contribution in [0.3, 0.4) is 0 Å². The van der Waals surface area contributed by atoms with Gasteiger partial charge in [0.15, 0.2) is 5.76 Å². The first-order chi connectivity index (χ1) is 12.6. The van der Waals surface area contributed by atoms with Crippen LogP contribution in [-0.4, -0.2) is 46.0 Å². The molecule has 0 N–H and O–H groups in total. The van der Waals surface area contributed by atoms with Crippen LogP contribution in [0.5, 0.6) is 0 Å². The maximum atomic E-state index is 12.5. The molecule has 1 aliphatic heterocycles. The van der Waals surface area contributed by atoms with Gasteiger partial charge in [-0.2, -0.15) is 0 Å². The highest BCUT2D eigenvalue weighted by atomic mass is 16.5. The fraction of sp³-hybridized carbons (Fsp3) is 0.444. The van der Waals surface area contributed by atoms with Gasteiger partial charge in [0.1, 0.15) is 12.2 Å². The molecule has 1 fully saturated rings. The zero-order chi connectivity index (χ0) is 18.5. The minimum Gasteiger partial charge on any atom is -0.466 e. The smallest absolute Gasteiger partial charge is 0.310 e. The molecule has 2 aromatic rings. The summed E-state index contributed by atoms with van der Waals surface area (Å²) in [7, 11) is 0. The Morgan fingerprint density at radius 1 is 1.42 bits per heavy atom. The van der Waals surface area contributed by atoms with Gasteiger partial charge in [0.05, 0.1) is 25.1 Å². The Morgan fingerprint density at radius 2 is 2.27 bits per heavy atom. The van der Waals surface area contributed by atoms with Crippen LogP contribution >= 0.6 is 0 Å². The zero-order valence-electron chi connectivity index (χ0n) is 14.6. The van der Waals surface area contributed by atoms with E-state index in [1.165, 1.54) is 23.2 Å². The monoisotopic (exact) mass is 359 g/mol. The normalized spacial score (nSPS) is 17.1. The van der Waals surface area contributed by atoms with Gasteiger partial charge in [0.25, 0.3) is 5.56 Å². The first kappa shape index (κ1) is 17.9. The molecule has 3 rings (SSSR count). The number of nitrogens with zero attached hydrogens (tertiary/aromatic N) is 3. The molecule has 0 spiro atoms. The Balaban J connectivity index is 1.66. The molecular formula is C18H21N3O5. The molecular weight excluding hydrogens is 338 g/mol. The summed E-state index contributed by atoms with van der Waals surface area (Å²) in [6, 6.07) is 4.76. The predicted molar refractivity (Wildman–Crippen MR) is 92.1 cm³/mol. The number of carbonyl (C=O) groups excluding carboxylic acids is 2. The van der Waals surface area contributed by atoms with Gasteiger partial charge in [0, 0.05) is 19.2 Å². The Morgan fingerprint density at radius 3 is 2.96 bits per heavy atom. The highest BCUT2D eigenvalue weighted by molar-refractivity contribution is 5.78. The predicted octanol–water partition coefficient (Wildman–Crippen LogP) is 1.30. The number of hydrogen-bond acceptors (Lipinski definition) is 6. The summed E-state index contributed by atoms with van der Waals surface area (Å²) in [4.78, 5) is 42.5. The minimum atomic E-state index is -0.335. The highest BCUT2D eigenvalue weighted by Crippen LogP contribution is 2.18. The van der Waals surface area contributed by atoms with Crippen LogP contribution in [0.2, 0.25) is 0 Å². The van der Waals surface area contributed by atoms with Crippen LogP contribution in [0.4, 0.5) is 0 Å². The molecule has 0 bridgehead atoms. The fourth-order valence-electron chi connectivity index (χ4n) is 3.01. The Hall–Kier alpha value is -2.90. The maximum absolute atomic E-state index is 12.5. The van der Waals surface area contributed by atoms with Gasteiger partial charge in [0.2, 0.25) is 5.91 Å². The van der Waals surface area contributed by atoms with E-state index < -0.39 is 0 Å². The lowest BCUT2D eigenvalue weighted by Gasteiger charge is -2.31. The summed E-state index contributed by atoms with van der Waals surface area (Å²) in [6.45, 7) is 2.87. The lowest BCUT2D eigenvalue weighted by Crippen LogP contribution is -2.44. The van der Waals surface area contributed by atoms with Gasteiger partial charge in [-0.05, 0) is 31.9 Å². The molecule has 0 saturated carbocycles. The molecule has 0 aromatic carbocycles. The van der Waals surface area contributed by atoms with Gasteiger partial charge in [-0.15, -0.1) is 0 Å². The number of aromatic nitrogens is 2. The molecule has 1 atom stereocenters. The zero-order valence-corrected chi connectivity index (χ0v) is 14.6. The summed E-state index contributed by atoms with van der Waals surface area (Å²) < 4.78 is 11.5. The second kappa shape index (κ2) is 7.99. The second-order valence-corrected chi connectivity index (χ2v) is 6.15. The molecule has 2 aromatic heterocycles. The number of carbonyl (C=O) groups is 2. The van der Waals surface area contributed by atoms with Crippen LogP contribution in [-0.2, 0) is 20.9 Å². The summed E-state index contributed by atoms with van der Waals surface area (Å²) in [5.74, 6) is -0.294. The standard InChI is InChI=1S/C18H21N3O5/c1-2-25-18(24)13-5-3-7-20(10-13)17(23)11-21-12-19-14(9-16(21)22)15-6-4-8-26-15/h4,6,8-9,12-13H,2-3,5,7,10-11H2,1H3. The summed E-state index contributed by atoms with van der Waals surface area (Å²) in [6.07, 6.45) is 4.29. The lowest BCUT2D eigenvalue weighted by atomic mass is 9.98. The van der Waals surface area contributed by atoms with E-state index in [2.05, 4.69) is 4.98 Å². The Bertz CT molecular complexity index is 828. The number of rotatable bonds is 5. The summed E-state index contributed by atoms with van der Waals surface area (Å²) >= 11 is 0. The average molecular weight is 359 g/mol. The van der Waals surface area contributed by atoms with Gasteiger partial charge in [-0.25, -0.2) is 4.98 Å². The number of ether oxygens (including phenoxy) is 1. The van der Waals surface area contributed by atoms with Gasteiger partial charge < -0.3 is 14.1 Å². The fourth-order valence-corrected chi connectivity index (χ4v) is 3.01. The van der Waals surface area contributed by atoms with Crippen LogP contribution in [0.15, 0.2) is 40.0 Å². The van der Waals surface area contributed by atoms with Crippen molar-refractivity contribution < 1.29 is 18.7 Å². The van der Waals surface area contributed by atoms with Crippen molar-refractivity contribution in [2.75, 3.05) is 19.7 Å². The van der Waals surface area contributed by atoms with E-state index in [0.29, 0.717) is 37.6 Å². The molecule has 26 heavy (non-hydrogen) atoms. The second-order valence-electron chi connectivity index (χ2n) is 6.15. The third-order valence-electron chi connectivity index (χ3n) is 4.35. The third-order valence-corrected chi connectivity index (χ3v) is 4.35. The number of esters is 1. The van der Waals surface area contributed by atoms with Crippen LogP contribution in [0.1, 0.15) is 19.8 Å². The van der Waals surface area contributed by atoms with E-state index in [1.54, 1.807) is 24.0 Å². The molecule has 0 aliphatic carbocycles. The van der Waals surface area contributed by atoms with Crippen molar-refractivity contribution in [3.05, 3.63) is 41.1 Å². The van der Waals surface area contributed by atoms with E-state index in [0.717, 1.165) is 6.42 Å². The van der Waals surface area contributed by atoms with Crippen LogP contribution in [0, 0.1) is 5.92 Å². The largest absolute Gasteiger partial charge is 0.466 e.